The fourth-order valence-corrected chi connectivity index (χ4v) is 1.47. The van der Waals surface area contributed by atoms with Gasteiger partial charge in [-0.05, 0) is 18.9 Å². The SMILES string of the molecule is CC(C)NCc1cnccc1NC1CC1. The molecule has 1 heterocycles. The van der Waals surface area contributed by atoms with Crippen molar-refractivity contribution in [3.63, 3.8) is 0 Å². The zero-order valence-corrected chi connectivity index (χ0v) is 9.46. The summed E-state index contributed by atoms with van der Waals surface area (Å²) in [6.45, 7) is 5.20. The second-order valence-corrected chi connectivity index (χ2v) is 4.49. The minimum absolute atomic E-state index is 0.513. The number of nitrogens with zero attached hydrogens (tertiary/aromatic N) is 1. The highest BCUT2D eigenvalue weighted by Crippen LogP contribution is 2.26. The maximum absolute atomic E-state index is 4.17. The first-order valence-electron chi connectivity index (χ1n) is 5.68. The Balaban J connectivity index is 1.99. The van der Waals surface area contributed by atoms with Crippen LogP contribution in [0.15, 0.2) is 18.5 Å². The van der Waals surface area contributed by atoms with E-state index in [9.17, 15) is 0 Å². The van der Waals surface area contributed by atoms with Gasteiger partial charge in [0.2, 0.25) is 0 Å². The molecule has 3 nitrogen and oxygen atoms in total. The topological polar surface area (TPSA) is 37.0 Å². The first-order chi connectivity index (χ1) is 7.25. The molecule has 15 heavy (non-hydrogen) atoms. The third-order valence-electron chi connectivity index (χ3n) is 2.54. The Bertz CT molecular complexity index is 318. The third kappa shape index (κ3) is 3.20. The average molecular weight is 205 g/mol. The van der Waals surface area contributed by atoms with Gasteiger partial charge in [-0.3, -0.25) is 4.98 Å². The standard InChI is InChI=1S/C12H19N3/c1-9(2)14-8-10-7-13-6-5-12(10)15-11-3-4-11/h5-7,9,11,14H,3-4,8H2,1-2H3,(H,13,15). The summed E-state index contributed by atoms with van der Waals surface area (Å²) < 4.78 is 0. The van der Waals surface area contributed by atoms with Gasteiger partial charge in [0.25, 0.3) is 0 Å². The van der Waals surface area contributed by atoms with E-state index in [-0.39, 0.29) is 0 Å². The van der Waals surface area contributed by atoms with E-state index in [4.69, 9.17) is 0 Å². The van der Waals surface area contributed by atoms with Gasteiger partial charge in [-0.2, -0.15) is 0 Å². The molecule has 0 bridgehead atoms. The summed E-state index contributed by atoms with van der Waals surface area (Å²) in [5, 5.41) is 6.94. The first-order valence-corrected chi connectivity index (χ1v) is 5.68. The fourth-order valence-electron chi connectivity index (χ4n) is 1.47. The normalized spacial score (nSPS) is 15.7. The van der Waals surface area contributed by atoms with Gasteiger partial charge in [0.05, 0.1) is 0 Å². The predicted octanol–water partition coefficient (Wildman–Crippen LogP) is 2.15. The quantitative estimate of drug-likeness (QED) is 0.773. The molecule has 0 saturated heterocycles. The van der Waals surface area contributed by atoms with Crippen molar-refractivity contribution in [3.05, 3.63) is 24.0 Å². The average Bonchev–Trinajstić information content (AvgIpc) is 3.00. The summed E-state index contributed by atoms with van der Waals surface area (Å²) in [4.78, 5) is 4.17. The van der Waals surface area contributed by atoms with Gasteiger partial charge in [-0.1, -0.05) is 13.8 Å². The molecule has 0 aliphatic heterocycles. The Morgan fingerprint density at radius 1 is 1.47 bits per heavy atom. The lowest BCUT2D eigenvalue weighted by Gasteiger charge is -2.13. The van der Waals surface area contributed by atoms with Crippen molar-refractivity contribution in [3.8, 4) is 0 Å². The number of hydrogen-bond donors (Lipinski definition) is 2. The minimum atomic E-state index is 0.513. The Morgan fingerprint density at radius 3 is 2.93 bits per heavy atom. The number of pyridine rings is 1. The van der Waals surface area contributed by atoms with Crippen LogP contribution in [0.3, 0.4) is 0 Å². The third-order valence-corrected chi connectivity index (χ3v) is 2.54. The lowest BCUT2D eigenvalue weighted by molar-refractivity contribution is 0.588. The fraction of sp³-hybridized carbons (Fsp3) is 0.583. The number of hydrogen-bond acceptors (Lipinski definition) is 3. The molecule has 0 aromatic carbocycles. The molecule has 1 saturated carbocycles. The Hall–Kier alpha value is -1.09. The van der Waals surface area contributed by atoms with E-state index in [1.54, 1.807) is 0 Å². The molecular formula is C12H19N3. The van der Waals surface area contributed by atoms with Gasteiger partial charge in [0, 0.05) is 42.3 Å². The van der Waals surface area contributed by atoms with Crippen LogP contribution in [0.5, 0.6) is 0 Å². The van der Waals surface area contributed by atoms with E-state index < -0.39 is 0 Å². The molecule has 1 aromatic rings. The van der Waals surface area contributed by atoms with Crippen molar-refractivity contribution < 1.29 is 0 Å². The van der Waals surface area contributed by atoms with Crippen molar-refractivity contribution >= 4 is 5.69 Å². The van der Waals surface area contributed by atoms with Crippen LogP contribution in [0.4, 0.5) is 5.69 Å². The second kappa shape index (κ2) is 4.62. The number of rotatable bonds is 5. The van der Waals surface area contributed by atoms with Gasteiger partial charge < -0.3 is 10.6 Å². The van der Waals surface area contributed by atoms with Crippen LogP contribution in [-0.2, 0) is 6.54 Å². The maximum atomic E-state index is 4.17. The molecular weight excluding hydrogens is 186 g/mol. The van der Waals surface area contributed by atoms with Crippen molar-refractivity contribution in [2.75, 3.05) is 5.32 Å². The van der Waals surface area contributed by atoms with E-state index in [1.807, 2.05) is 12.4 Å². The molecule has 0 spiro atoms. The zero-order valence-electron chi connectivity index (χ0n) is 9.46. The van der Waals surface area contributed by atoms with Gasteiger partial charge >= 0.3 is 0 Å². The van der Waals surface area contributed by atoms with Crippen LogP contribution in [-0.4, -0.2) is 17.1 Å². The smallest absolute Gasteiger partial charge is 0.0418 e. The zero-order chi connectivity index (χ0) is 10.7. The summed E-state index contributed by atoms with van der Waals surface area (Å²) in [7, 11) is 0. The van der Waals surface area contributed by atoms with Crippen LogP contribution in [0.25, 0.3) is 0 Å². The van der Waals surface area contributed by atoms with Crippen LogP contribution >= 0.6 is 0 Å². The monoisotopic (exact) mass is 205 g/mol. The van der Waals surface area contributed by atoms with Crippen LogP contribution in [0.1, 0.15) is 32.3 Å². The van der Waals surface area contributed by atoms with Crippen LogP contribution in [0, 0.1) is 0 Å². The summed E-state index contributed by atoms with van der Waals surface area (Å²) in [6, 6.07) is 3.28. The predicted molar refractivity (Wildman–Crippen MR) is 62.9 cm³/mol. The molecule has 0 amide bonds. The Kier molecular flexibility index (Phi) is 3.21. The molecule has 0 unspecified atom stereocenters. The van der Waals surface area contributed by atoms with Gasteiger partial charge in [0.1, 0.15) is 0 Å². The van der Waals surface area contributed by atoms with Gasteiger partial charge in [-0.25, -0.2) is 0 Å². The Labute approximate surface area is 91.3 Å². The molecule has 1 aromatic heterocycles. The molecule has 2 N–H and O–H groups in total. The number of aromatic nitrogens is 1. The number of nitrogens with one attached hydrogen (secondary N) is 2. The highest BCUT2D eigenvalue weighted by Gasteiger charge is 2.21. The summed E-state index contributed by atoms with van der Waals surface area (Å²) in [6.07, 6.45) is 6.41. The van der Waals surface area contributed by atoms with Crippen molar-refractivity contribution in [2.24, 2.45) is 0 Å². The summed E-state index contributed by atoms with van der Waals surface area (Å²) in [5.74, 6) is 0. The first kappa shape index (κ1) is 10.4. The molecule has 3 heteroatoms. The van der Waals surface area contributed by atoms with Gasteiger partial charge in [-0.15, -0.1) is 0 Å². The molecule has 0 atom stereocenters. The van der Waals surface area contributed by atoms with E-state index in [0.29, 0.717) is 12.1 Å². The lowest BCUT2D eigenvalue weighted by Crippen LogP contribution is -2.22. The largest absolute Gasteiger partial charge is 0.382 e. The van der Waals surface area contributed by atoms with E-state index in [0.717, 1.165) is 6.54 Å². The highest BCUT2D eigenvalue weighted by molar-refractivity contribution is 5.51. The van der Waals surface area contributed by atoms with Crippen molar-refractivity contribution in [1.29, 1.82) is 0 Å². The second-order valence-electron chi connectivity index (χ2n) is 4.49. The number of anilines is 1. The van der Waals surface area contributed by atoms with Crippen LogP contribution < -0.4 is 10.6 Å². The molecule has 2 rings (SSSR count). The molecule has 1 aliphatic rings. The molecule has 0 radical (unpaired) electrons. The highest BCUT2D eigenvalue weighted by atomic mass is 15.0. The maximum Gasteiger partial charge on any atom is 0.0418 e. The molecule has 1 aliphatic carbocycles. The lowest BCUT2D eigenvalue weighted by atomic mass is 10.2. The van der Waals surface area contributed by atoms with E-state index in [2.05, 4.69) is 35.5 Å². The van der Waals surface area contributed by atoms with Crippen molar-refractivity contribution in [2.45, 2.75) is 45.3 Å². The van der Waals surface area contributed by atoms with Crippen LogP contribution in [0.2, 0.25) is 0 Å². The summed E-state index contributed by atoms with van der Waals surface area (Å²) in [5.41, 5.74) is 2.50. The van der Waals surface area contributed by atoms with E-state index in [1.165, 1.54) is 24.1 Å². The minimum Gasteiger partial charge on any atom is -0.382 e. The molecule has 82 valence electrons. The Morgan fingerprint density at radius 2 is 2.27 bits per heavy atom. The molecule has 1 fully saturated rings. The summed E-state index contributed by atoms with van der Waals surface area (Å²) >= 11 is 0. The van der Waals surface area contributed by atoms with Crippen molar-refractivity contribution in [1.82, 2.24) is 10.3 Å². The van der Waals surface area contributed by atoms with Gasteiger partial charge in [0.15, 0.2) is 0 Å². The van der Waals surface area contributed by atoms with E-state index >= 15 is 0 Å².